The highest BCUT2D eigenvalue weighted by atomic mass is 16.5. The molecule has 1 amide bonds. The van der Waals surface area contributed by atoms with Gasteiger partial charge in [-0.15, -0.1) is 0 Å². The van der Waals surface area contributed by atoms with E-state index in [1.54, 1.807) is 7.11 Å². The molecule has 2 aromatic rings. The lowest BCUT2D eigenvalue weighted by Gasteiger charge is -2.25. The number of hydrogen-bond acceptors (Lipinski definition) is 3. The first-order valence-electron chi connectivity index (χ1n) is 8.76. The summed E-state index contributed by atoms with van der Waals surface area (Å²) in [5, 5.41) is 6.53. The zero-order valence-corrected chi connectivity index (χ0v) is 15.2. The van der Waals surface area contributed by atoms with Gasteiger partial charge in [-0.05, 0) is 30.5 Å². The number of nitrogens with one attached hydrogen (secondary N) is 2. The van der Waals surface area contributed by atoms with E-state index in [9.17, 15) is 4.79 Å². The lowest BCUT2D eigenvalue weighted by Crippen LogP contribution is -2.49. The van der Waals surface area contributed by atoms with Gasteiger partial charge in [0.1, 0.15) is 0 Å². The van der Waals surface area contributed by atoms with E-state index in [0.29, 0.717) is 18.0 Å². The van der Waals surface area contributed by atoms with Crippen molar-refractivity contribution < 1.29 is 9.53 Å². The molecule has 1 unspecified atom stereocenters. The Bertz CT molecular complexity index is 631. The summed E-state index contributed by atoms with van der Waals surface area (Å²) in [7, 11) is 1.67. The first-order valence-corrected chi connectivity index (χ1v) is 8.76. The fraction of sp³-hybridized carbons (Fsp3) is 0.381. The van der Waals surface area contributed by atoms with Crippen LogP contribution >= 0.6 is 0 Å². The van der Waals surface area contributed by atoms with Crippen LogP contribution in [0.25, 0.3) is 0 Å². The van der Waals surface area contributed by atoms with Crippen molar-refractivity contribution in [1.29, 1.82) is 0 Å². The van der Waals surface area contributed by atoms with Crippen molar-refractivity contribution in [3.63, 3.8) is 0 Å². The van der Waals surface area contributed by atoms with Crippen LogP contribution in [0, 0.1) is 0 Å². The van der Waals surface area contributed by atoms with Crippen LogP contribution < -0.4 is 10.6 Å². The van der Waals surface area contributed by atoms with Gasteiger partial charge in [0, 0.05) is 25.8 Å². The largest absolute Gasteiger partial charge is 0.380 e. The summed E-state index contributed by atoms with van der Waals surface area (Å²) in [6.07, 6.45) is -0.0767. The highest BCUT2D eigenvalue weighted by Crippen LogP contribution is 2.13. The molecule has 0 aliphatic carbocycles. The van der Waals surface area contributed by atoms with E-state index in [-0.39, 0.29) is 18.1 Å². The summed E-state index contributed by atoms with van der Waals surface area (Å²) in [6, 6.07) is 19.6. The second-order valence-corrected chi connectivity index (χ2v) is 6.36. The smallest absolute Gasteiger partial charge is 0.251 e. The molecule has 0 saturated carbocycles. The predicted octanol–water partition coefficient (Wildman–Crippen LogP) is 3.21. The fourth-order valence-corrected chi connectivity index (χ4v) is 2.69. The Morgan fingerprint density at radius 1 is 0.960 bits per heavy atom. The summed E-state index contributed by atoms with van der Waals surface area (Å²) in [5.74, 6) is 0.330. The monoisotopic (exact) mass is 340 g/mol. The molecule has 3 atom stereocenters. The highest BCUT2D eigenvalue weighted by Gasteiger charge is 2.20. The Kier molecular flexibility index (Phi) is 7.64. The molecular formula is C21H28N2O2. The number of carbonyl (C=O) groups is 1. The third-order valence-electron chi connectivity index (χ3n) is 4.47. The number of amides is 1. The molecule has 0 fully saturated rings. The van der Waals surface area contributed by atoms with Crippen LogP contribution in [-0.2, 0) is 4.74 Å². The Labute approximate surface area is 150 Å². The van der Waals surface area contributed by atoms with Gasteiger partial charge in [0.05, 0.1) is 12.1 Å². The van der Waals surface area contributed by atoms with Gasteiger partial charge in [-0.1, -0.05) is 55.5 Å². The molecule has 4 nitrogen and oxygen atoms in total. The minimum atomic E-state index is -0.0966. The van der Waals surface area contributed by atoms with Gasteiger partial charge in [0.15, 0.2) is 0 Å². The number of rotatable bonds is 9. The summed E-state index contributed by atoms with van der Waals surface area (Å²) >= 11 is 0. The number of hydrogen-bond donors (Lipinski definition) is 2. The van der Waals surface area contributed by atoms with Crippen LogP contribution in [0.5, 0.6) is 0 Å². The lowest BCUT2D eigenvalue weighted by atomic mass is 10.0. The highest BCUT2D eigenvalue weighted by molar-refractivity contribution is 5.94. The van der Waals surface area contributed by atoms with Crippen LogP contribution in [-0.4, -0.2) is 38.3 Å². The van der Waals surface area contributed by atoms with Gasteiger partial charge in [-0.25, -0.2) is 0 Å². The molecule has 0 radical (unpaired) electrons. The molecule has 0 aliphatic heterocycles. The number of methoxy groups -OCH3 is 1. The van der Waals surface area contributed by atoms with Gasteiger partial charge < -0.3 is 15.4 Å². The average molecular weight is 340 g/mol. The SMILES string of the molecule is CO[C@H](C)C(CNC[C@@H](C)c1ccccc1)NC(=O)c1ccccc1. The minimum absolute atomic E-state index is 0.0765. The molecule has 0 saturated heterocycles. The van der Waals surface area contributed by atoms with E-state index in [1.807, 2.05) is 43.3 Å². The number of benzene rings is 2. The first-order chi connectivity index (χ1) is 12.1. The maximum Gasteiger partial charge on any atom is 0.251 e. The molecule has 0 spiro atoms. The van der Waals surface area contributed by atoms with Crippen molar-refractivity contribution in [2.24, 2.45) is 0 Å². The van der Waals surface area contributed by atoms with E-state index in [4.69, 9.17) is 4.74 Å². The van der Waals surface area contributed by atoms with Crippen molar-refractivity contribution in [1.82, 2.24) is 10.6 Å². The van der Waals surface area contributed by atoms with Crippen molar-refractivity contribution in [2.45, 2.75) is 31.9 Å². The summed E-state index contributed by atoms with van der Waals surface area (Å²) in [4.78, 5) is 12.4. The van der Waals surface area contributed by atoms with E-state index >= 15 is 0 Å². The predicted molar refractivity (Wildman–Crippen MR) is 102 cm³/mol. The van der Waals surface area contributed by atoms with E-state index in [2.05, 4.69) is 41.8 Å². The standard InChI is InChI=1S/C21H28N2O2/c1-16(18-10-6-4-7-11-18)14-22-15-20(17(2)25-3)23-21(24)19-12-8-5-9-13-19/h4-13,16-17,20,22H,14-15H2,1-3H3,(H,23,24)/t16-,17-,20?/m1/s1. The van der Waals surface area contributed by atoms with Gasteiger partial charge in [0.2, 0.25) is 0 Å². The molecule has 0 aromatic heterocycles. The van der Waals surface area contributed by atoms with Crippen LogP contribution in [0.4, 0.5) is 0 Å². The molecule has 4 heteroatoms. The third-order valence-corrected chi connectivity index (χ3v) is 4.47. The Hall–Kier alpha value is -2.17. The van der Waals surface area contributed by atoms with Crippen molar-refractivity contribution in [3.8, 4) is 0 Å². The Morgan fingerprint density at radius 3 is 2.16 bits per heavy atom. The van der Waals surface area contributed by atoms with Gasteiger partial charge in [0.25, 0.3) is 5.91 Å². The Morgan fingerprint density at radius 2 is 1.56 bits per heavy atom. The molecule has 2 aromatic carbocycles. The lowest BCUT2D eigenvalue weighted by molar-refractivity contribution is 0.0696. The maximum absolute atomic E-state index is 12.4. The molecular weight excluding hydrogens is 312 g/mol. The van der Waals surface area contributed by atoms with Gasteiger partial charge >= 0.3 is 0 Å². The summed E-state index contributed by atoms with van der Waals surface area (Å²) < 4.78 is 5.44. The molecule has 0 aliphatic rings. The normalized spacial score (nSPS) is 14.5. The first kappa shape index (κ1) is 19.2. The van der Waals surface area contributed by atoms with E-state index in [1.165, 1.54) is 5.56 Å². The van der Waals surface area contributed by atoms with Gasteiger partial charge in [-0.2, -0.15) is 0 Å². The number of carbonyl (C=O) groups excluding carboxylic acids is 1. The second kappa shape index (κ2) is 9.97. The second-order valence-electron chi connectivity index (χ2n) is 6.36. The summed E-state index contributed by atoms with van der Waals surface area (Å²) in [6.45, 7) is 5.67. The zero-order chi connectivity index (χ0) is 18.1. The van der Waals surface area contributed by atoms with Crippen LogP contribution in [0.15, 0.2) is 60.7 Å². The molecule has 134 valence electrons. The molecule has 2 rings (SSSR count). The van der Waals surface area contributed by atoms with E-state index in [0.717, 1.165) is 6.54 Å². The van der Waals surface area contributed by atoms with Crippen molar-refractivity contribution >= 4 is 5.91 Å². The minimum Gasteiger partial charge on any atom is -0.380 e. The molecule has 0 heterocycles. The quantitative estimate of drug-likeness (QED) is 0.737. The van der Waals surface area contributed by atoms with Gasteiger partial charge in [-0.3, -0.25) is 4.79 Å². The maximum atomic E-state index is 12.4. The average Bonchev–Trinajstić information content (AvgIpc) is 2.67. The molecule has 2 N–H and O–H groups in total. The topological polar surface area (TPSA) is 50.4 Å². The van der Waals surface area contributed by atoms with E-state index < -0.39 is 0 Å². The summed E-state index contributed by atoms with van der Waals surface area (Å²) in [5.41, 5.74) is 1.97. The zero-order valence-electron chi connectivity index (χ0n) is 15.2. The molecule has 0 bridgehead atoms. The molecule has 25 heavy (non-hydrogen) atoms. The van der Waals surface area contributed by atoms with Crippen LogP contribution in [0.1, 0.15) is 35.7 Å². The van der Waals surface area contributed by atoms with Crippen LogP contribution in [0.3, 0.4) is 0 Å². The number of ether oxygens (including phenoxy) is 1. The van der Waals surface area contributed by atoms with Crippen LogP contribution in [0.2, 0.25) is 0 Å². The fourth-order valence-electron chi connectivity index (χ4n) is 2.69. The Balaban J connectivity index is 1.88. The third kappa shape index (κ3) is 6.00. The van der Waals surface area contributed by atoms with Crippen molar-refractivity contribution in [3.05, 3.63) is 71.8 Å². The van der Waals surface area contributed by atoms with Crippen molar-refractivity contribution in [2.75, 3.05) is 20.2 Å².